The number of phenols is 1. The topological polar surface area (TPSA) is 52.6 Å². The maximum absolute atomic E-state index is 12.7. The van der Waals surface area contributed by atoms with Gasteiger partial charge in [0.1, 0.15) is 5.75 Å². The molecular formula is C24H34N2O2. The van der Waals surface area contributed by atoms with E-state index in [-0.39, 0.29) is 23.3 Å². The Morgan fingerprint density at radius 3 is 2.68 bits per heavy atom. The van der Waals surface area contributed by atoms with Crippen molar-refractivity contribution in [1.29, 1.82) is 0 Å². The maximum atomic E-state index is 12.7. The lowest BCUT2D eigenvalue weighted by molar-refractivity contribution is -0.122. The molecule has 4 heteroatoms. The Hall–Kier alpha value is -2.33. The molecule has 0 aliphatic carbocycles. The summed E-state index contributed by atoms with van der Waals surface area (Å²) in [5, 5.41) is 12.8. The van der Waals surface area contributed by atoms with Gasteiger partial charge in [-0.1, -0.05) is 58.2 Å². The molecule has 1 aromatic rings. The largest absolute Gasteiger partial charge is 0.508 e. The van der Waals surface area contributed by atoms with Crippen LogP contribution in [0.5, 0.6) is 5.75 Å². The molecule has 1 heterocycles. The van der Waals surface area contributed by atoms with Gasteiger partial charge in [-0.2, -0.15) is 0 Å². The van der Waals surface area contributed by atoms with Crippen LogP contribution in [0.1, 0.15) is 38.3 Å². The van der Waals surface area contributed by atoms with Gasteiger partial charge in [0.2, 0.25) is 5.91 Å². The molecule has 4 nitrogen and oxygen atoms in total. The van der Waals surface area contributed by atoms with Crippen LogP contribution in [0.2, 0.25) is 0 Å². The quantitative estimate of drug-likeness (QED) is 0.695. The van der Waals surface area contributed by atoms with Gasteiger partial charge in [-0.3, -0.25) is 9.69 Å². The van der Waals surface area contributed by atoms with Crippen molar-refractivity contribution in [3.05, 3.63) is 66.3 Å². The van der Waals surface area contributed by atoms with E-state index in [0.29, 0.717) is 18.7 Å². The standard InChI is InChI=1S/C24H34N2O2/c1-7-9-17(8-2)22(24(3,4)5)14-23(28)25-15-20-12-18-10-11-21(27)13-19(18)16-26(20)6/h7-11,13,20,22,27H,1-2,12,14-16H2,3-6H3,(H,25,28)/b17-9+. The summed E-state index contributed by atoms with van der Waals surface area (Å²) in [5.74, 6) is 0.440. The van der Waals surface area contributed by atoms with Crippen LogP contribution in [-0.4, -0.2) is 35.5 Å². The third-order valence-corrected chi connectivity index (χ3v) is 5.61. The first-order chi connectivity index (χ1) is 13.2. The molecule has 1 aliphatic heterocycles. The minimum absolute atomic E-state index is 0.0526. The lowest BCUT2D eigenvalue weighted by atomic mass is 9.74. The molecule has 2 N–H and O–H groups in total. The number of benzene rings is 1. The molecule has 0 saturated heterocycles. The molecule has 1 amide bonds. The SMILES string of the molecule is C=C/C=C(\C=C)C(CC(=O)NCC1Cc2ccc(O)cc2CN1C)C(C)(C)C. The Bertz CT molecular complexity index is 758. The summed E-state index contributed by atoms with van der Waals surface area (Å²) in [4.78, 5) is 14.9. The van der Waals surface area contributed by atoms with Gasteiger partial charge in [0.25, 0.3) is 0 Å². The first kappa shape index (κ1) is 22.0. The number of allylic oxidation sites excluding steroid dienone is 4. The molecular weight excluding hydrogens is 348 g/mol. The Balaban J connectivity index is 2.00. The molecule has 2 unspecified atom stereocenters. The summed E-state index contributed by atoms with van der Waals surface area (Å²) < 4.78 is 0. The van der Waals surface area contributed by atoms with Gasteiger partial charge in [-0.15, -0.1) is 0 Å². The minimum atomic E-state index is -0.0526. The van der Waals surface area contributed by atoms with Gasteiger partial charge in [0.15, 0.2) is 0 Å². The summed E-state index contributed by atoms with van der Waals surface area (Å²) in [6.45, 7) is 15.5. The van der Waals surface area contributed by atoms with Crippen LogP contribution in [0.4, 0.5) is 0 Å². The minimum Gasteiger partial charge on any atom is -0.508 e. The highest BCUT2D eigenvalue weighted by atomic mass is 16.3. The number of fused-ring (bicyclic) bond motifs is 1. The number of aromatic hydroxyl groups is 1. The molecule has 0 spiro atoms. The van der Waals surface area contributed by atoms with E-state index >= 15 is 0 Å². The van der Waals surface area contributed by atoms with Crippen LogP contribution >= 0.6 is 0 Å². The number of amides is 1. The number of nitrogens with one attached hydrogen (secondary N) is 1. The fourth-order valence-corrected chi connectivity index (χ4v) is 3.87. The average molecular weight is 383 g/mol. The molecule has 0 radical (unpaired) electrons. The fourth-order valence-electron chi connectivity index (χ4n) is 3.87. The average Bonchev–Trinajstić information content (AvgIpc) is 2.62. The first-order valence-corrected chi connectivity index (χ1v) is 9.88. The molecule has 0 saturated carbocycles. The normalized spacial score (nSPS) is 18.9. The van der Waals surface area contributed by atoms with Crippen molar-refractivity contribution in [2.75, 3.05) is 13.6 Å². The van der Waals surface area contributed by atoms with Gasteiger partial charge in [0.05, 0.1) is 0 Å². The van der Waals surface area contributed by atoms with Crippen LogP contribution in [0.3, 0.4) is 0 Å². The summed E-state index contributed by atoms with van der Waals surface area (Å²) in [6.07, 6.45) is 6.81. The highest BCUT2D eigenvalue weighted by molar-refractivity contribution is 5.76. The predicted octanol–water partition coefficient (Wildman–Crippen LogP) is 4.22. The highest BCUT2D eigenvalue weighted by Gasteiger charge is 2.30. The summed E-state index contributed by atoms with van der Waals surface area (Å²) in [7, 11) is 2.06. The second-order valence-electron chi connectivity index (χ2n) is 8.76. The number of carbonyl (C=O) groups is 1. The van der Waals surface area contributed by atoms with Crippen molar-refractivity contribution < 1.29 is 9.90 Å². The number of phenolic OH excluding ortho intramolecular Hbond substituents is 1. The van der Waals surface area contributed by atoms with E-state index in [1.165, 1.54) is 5.56 Å². The van der Waals surface area contributed by atoms with Gasteiger partial charge >= 0.3 is 0 Å². The number of rotatable bonds is 7. The molecule has 2 rings (SSSR count). The van der Waals surface area contributed by atoms with Crippen molar-refractivity contribution in [1.82, 2.24) is 10.2 Å². The van der Waals surface area contributed by atoms with Gasteiger partial charge in [-0.05, 0) is 53.6 Å². The Labute approximate surface area is 169 Å². The summed E-state index contributed by atoms with van der Waals surface area (Å²) >= 11 is 0. The van der Waals surface area contributed by atoms with Crippen molar-refractivity contribution in [2.45, 2.75) is 46.2 Å². The third kappa shape index (κ3) is 5.59. The molecule has 28 heavy (non-hydrogen) atoms. The van der Waals surface area contributed by atoms with Crippen molar-refractivity contribution >= 4 is 5.91 Å². The van der Waals surface area contributed by atoms with Crippen molar-refractivity contribution in [3.8, 4) is 5.75 Å². The summed E-state index contributed by atoms with van der Waals surface area (Å²) in [5.41, 5.74) is 3.39. The molecule has 152 valence electrons. The van der Waals surface area contributed by atoms with E-state index < -0.39 is 0 Å². The van der Waals surface area contributed by atoms with E-state index in [4.69, 9.17) is 0 Å². The van der Waals surface area contributed by atoms with Crippen LogP contribution in [0.15, 0.2) is 55.2 Å². The second-order valence-corrected chi connectivity index (χ2v) is 8.76. The zero-order valence-electron chi connectivity index (χ0n) is 17.7. The fraction of sp³-hybridized carbons (Fsp3) is 0.458. The van der Waals surface area contributed by atoms with E-state index in [1.807, 2.05) is 24.3 Å². The monoisotopic (exact) mass is 382 g/mol. The number of likely N-dealkylation sites (N-methyl/N-ethyl adjacent to an activating group) is 1. The Kier molecular flexibility index (Phi) is 7.25. The second kappa shape index (κ2) is 9.24. The number of hydrogen-bond acceptors (Lipinski definition) is 3. The zero-order chi connectivity index (χ0) is 20.9. The van der Waals surface area contributed by atoms with Gasteiger partial charge in [-0.25, -0.2) is 0 Å². The van der Waals surface area contributed by atoms with Crippen LogP contribution in [0.25, 0.3) is 0 Å². The van der Waals surface area contributed by atoms with E-state index in [9.17, 15) is 9.90 Å². The van der Waals surface area contributed by atoms with Crippen LogP contribution < -0.4 is 5.32 Å². The van der Waals surface area contributed by atoms with E-state index in [0.717, 1.165) is 24.1 Å². The molecule has 1 aromatic carbocycles. The van der Waals surface area contributed by atoms with Gasteiger partial charge in [0, 0.05) is 25.6 Å². The van der Waals surface area contributed by atoms with Crippen molar-refractivity contribution in [3.63, 3.8) is 0 Å². The molecule has 0 fully saturated rings. The smallest absolute Gasteiger partial charge is 0.220 e. The summed E-state index contributed by atoms with van der Waals surface area (Å²) in [6, 6.07) is 5.79. The molecule has 2 atom stereocenters. The van der Waals surface area contributed by atoms with E-state index in [1.54, 1.807) is 12.1 Å². The van der Waals surface area contributed by atoms with E-state index in [2.05, 4.69) is 51.2 Å². The lowest BCUT2D eigenvalue weighted by Gasteiger charge is -2.35. The molecule has 1 aliphatic rings. The highest BCUT2D eigenvalue weighted by Crippen LogP contribution is 2.35. The Morgan fingerprint density at radius 1 is 1.36 bits per heavy atom. The van der Waals surface area contributed by atoms with Crippen molar-refractivity contribution in [2.24, 2.45) is 11.3 Å². The zero-order valence-corrected chi connectivity index (χ0v) is 17.7. The number of hydrogen-bond donors (Lipinski definition) is 2. The Morgan fingerprint density at radius 2 is 2.07 bits per heavy atom. The van der Waals surface area contributed by atoms with Gasteiger partial charge < -0.3 is 10.4 Å². The molecule has 0 bridgehead atoms. The van der Waals surface area contributed by atoms with Crippen LogP contribution in [-0.2, 0) is 17.8 Å². The molecule has 0 aromatic heterocycles. The lowest BCUT2D eigenvalue weighted by Crippen LogP contribution is -2.46. The third-order valence-electron chi connectivity index (χ3n) is 5.61. The number of carbonyl (C=O) groups excluding carboxylic acids is 1. The number of nitrogens with zero attached hydrogens (tertiary/aromatic N) is 1. The first-order valence-electron chi connectivity index (χ1n) is 9.88. The van der Waals surface area contributed by atoms with Crippen LogP contribution in [0, 0.1) is 11.3 Å². The predicted molar refractivity (Wildman–Crippen MR) is 116 cm³/mol. The maximum Gasteiger partial charge on any atom is 0.220 e.